The van der Waals surface area contributed by atoms with Gasteiger partial charge in [-0.15, -0.1) is 6.58 Å². The first-order chi connectivity index (χ1) is 11.6. The van der Waals surface area contributed by atoms with Crippen LogP contribution < -0.4 is 0 Å². The van der Waals surface area contributed by atoms with Crippen molar-refractivity contribution in [3.63, 3.8) is 0 Å². The summed E-state index contributed by atoms with van der Waals surface area (Å²) in [4.78, 5) is 19.2. The number of nitrogens with zero attached hydrogens (tertiary/aromatic N) is 2. The van der Waals surface area contributed by atoms with Crippen molar-refractivity contribution in [2.45, 2.75) is 32.3 Å². The largest absolute Gasteiger partial charge is 0.377 e. The molecule has 1 amide bonds. The molecule has 3 rings (SSSR count). The minimum Gasteiger partial charge on any atom is -0.377 e. The van der Waals surface area contributed by atoms with Crippen LogP contribution in [0.3, 0.4) is 0 Å². The molecule has 0 spiro atoms. The summed E-state index contributed by atoms with van der Waals surface area (Å²) in [6.07, 6.45) is 4.83. The highest BCUT2D eigenvalue weighted by atomic mass is 16.5. The normalized spacial score (nSPS) is 26.7. The number of pyridine rings is 1. The van der Waals surface area contributed by atoms with Crippen LogP contribution in [0.4, 0.5) is 0 Å². The van der Waals surface area contributed by atoms with Gasteiger partial charge in [-0.3, -0.25) is 4.79 Å². The SMILES string of the molecule is C=CCOC[C@@]12CCCO[C@H]1CCN(C(=O)c1cccc(C)n1)C2. The van der Waals surface area contributed by atoms with E-state index in [1.54, 1.807) is 12.1 Å². The van der Waals surface area contributed by atoms with Crippen LogP contribution in [0.2, 0.25) is 0 Å². The van der Waals surface area contributed by atoms with Crippen molar-refractivity contribution in [1.82, 2.24) is 9.88 Å². The Labute approximate surface area is 143 Å². The third-order valence-corrected chi connectivity index (χ3v) is 5.01. The molecule has 2 atom stereocenters. The molecule has 2 aliphatic rings. The first-order valence-electron chi connectivity index (χ1n) is 8.68. The lowest BCUT2D eigenvalue weighted by Gasteiger charge is -2.50. The van der Waals surface area contributed by atoms with Gasteiger partial charge in [0.1, 0.15) is 5.69 Å². The van der Waals surface area contributed by atoms with Gasteiger partial charge in [-0.25, -0.2) is 4.98 Å². The number of ether oxygens (including phenoxy) is 2. The molecule has 1 aromatic rings. The molecular formula is C19H26N2O3. The van der Waals surface area contributed by atoms with Gasteiger partial charge in [0.05, 0.1) is 19.3 Å². The van der Waals surface area contributed by atoms with E-state index in [2.05, 4.69) is 11.6 Å². The number of carbonyl (C=O) groups excluding carboxylic acids is 1. The maximum Gasteiger partial charge on any atom is 0.272 e. The van der Waals surface area contributed by atoms with Crippen molar-refractivity contribution >= 4 is 5.91 Å². The predicted octanol–water partition coefficient (Wildman–Crippen LogP) is 2.60. The summed E-state index contributed by atoms with van der Waals surface area (Å²) < 4.78 is 11.8. The van der Waals surface area contributed by atoms with Gasteiger partial charge in [0.2, 0.25) is 0 Å². The van der Waals surface area contributed by atoms with E-state index in [9.17, 15) is 4.79 Å². The fourth-order valence-electron chi connectivity index (χ4n) is 3.84. The molecule has 2 aliphatic heterocycles. The Kier molecular flexibility index (Phi) is 5.31. The summed E-state index contributed by atoms with van der Waals surface area (Å²) in [5.41, 5.74) is 1.27. The van der Waals surface area contributed by atoms with Gasteiger partial charge in [0, 0.05) is 30.8 Å². The van der Waals surface area contributed by atoms with E-state index in [4.69, 9.17) is 9.47 Å². The third kappa shape index (κ3) is 3.52. The molecular weight excluding hydrogens is 304 g/mol. The standard InChI is InChI=1S/C19H26N2O3/c1-3-11-23-14-19-9-5-12-24-17(19)8-10-21(13-19)18(22)16-7-4-6-15(2)20-16/h3-4,6-7,17H,1,5,8-14H2,2H3/t17-,19-/m0/s1. The fourth-order valence-corrected chi connectivity index (χ4v) is 3.84. The average molecular weight is 330 g/mol. The third-order valence-electron chi connectivity index (χ3n) is 5.01. The lowest BCUT2D eigenvalue weighted by atomic mass is 9.73. The van der Waals surface area contributed by atoms with Crippen molar-refractivity contribution in [3.05, 3.63) is 42.2 Å². The van der Waals surface area contributed by atoms with Gasteiger partial charge in [0.25, 0.3) is 5.91 Å². The van der Waals surface area contributed by atoms with Crippen LogP contribution in [0, 0.1) is 12.3 Å². The molecule has 5 nitrogen and oxygen atoms in total. The molecule has 0 bridgehead atoms. The second-order valence-corrected chi connectivity index (χ2v) is 6.81. The molecule has 0 unspecified atom stereocenters. The van der Waals surface area contributed by atoms with Crippen LogP contribution in [0.15, 0.2) is 30.9 Å². The summed E-state index contributed by atoms with van der Waals surface area (Å²) in [6.45, 7) is 8.94. The van der Waals surface area contributed by atoms with Gasteiger partial charge in [-0.2, -0.15) is 0 Å². The van der Waals surface area contributed by atoms with Crippen LogP contribution in [-0.2, 0) is 9.47 Å². The summed E-state index contributed by atoms with van der Waals surface area (Å²) in [5.74, 6) is 0.00539. The zero-order chi connectivity index (χ0) is 17.0. The van der Waals surface area contributed by atoms with E-state index in [-0.39, 0.29) is 17.4 Å². The highest BCUT2D eigenvalue weighted by molar-refractivity contribution is 5.92. The fraction of sp³-hybridized carbons (Fsp3) is 0.579. The average Bonchev–Trinajstić information content (AvgIpc) is 2.61. The zero-order valence-corrected chi connectivity index (χ0v) is 14.4. The molecule has 0 aliphatic carbocycles. The second-order valence-electron chi connectivity index (χ2n) is 6.81. The van der Waals surface area contributed by atoms with Crippen molar-refractivity contribution in [2.24, 2.45) is 5.41 Å². The van der Waals surface area contributed by atoms with Crippen molar-refractivity contribution in [2.75, 3.05) is 32.9 Å². The first-order valence-corrected chi connectivity index (χ1v) is 8.68. The van der Waals surface area contributed by atoms with Crippen LogP contribution >= 0.6 is 0 Å². The smallest absolute Gasteiger partial charge is 0.272 e. The van der Waals surface area contributed by atoms with Crippen molar-refractivity contribution in [3.8, 4) is 0 Å². The monoisotopic (exact) mass is 330 g/mol. The van der Waals surface area contributed by atoms with Crippen molar-refractivity contribution < 1.29 is 14.3 Å². The van der Waals surface area contributed by atoms with E-state index in [1.165, 1.54) is 0 Å². The van der Waals surface area contributed by atoms with Gasteiger partial charge < -0.3 is 14.4 Å². The van der Waals surface area contributed by atoms with E-state index in [1.807, 2.05) is 24.0 Å². The molecule has 0 saturated carbocycles. The second kappa shape index (κ2) is 7.45. The number of piperidine rings is 1. The number of rotatable bonds is 5. The van der Waals surface area contributed by atoms with Gasteiger partial charge in [-0.05, 0) is 38.3 Å². The molecule has 1 aromatic heterocycles. The predicted molar refractivity (Wildman–Crippen MR) is 91.9 cm³/mol. The first kappa shape index (κ1) is 17.1. The highest BCUT2D eigenvalue weighted by Gasteiger charge is 2.47. The molecule has 2 saturated heterocycles. The Hall–Kier alpha value is -1.72. The summed E-state index contributed by atoms with van der Waals surface area (Å²) in [5, 5.41) is 0. The number of carbonyl (C=O) groups is 1. The zero-order valence-electron chi connectivity index (χ0n) is 14.4. The Morgan fingerprint density at radius 3 is 3.25 bits per heavy atom. The number of hydrogen-bond acceptors (Lipinski definition) is 4. The topological polar surface area (TPSA) is 51.7 Å². The number of likely N-dealkylation sites (tertiary alicyclic amines) is 1. The summed E-state index contributed by atoms with van der Waals surface area (Å²) >= 11 is 0. The summed E-state index contributed by atoms with van der Waals surface area (Å²) in [6, 6.07) is 5.58. The Balaban J connectivity index is 1.76. The highest BCUT2D eigenvalue weighted by Crippen LogP contribution is 2.40. The maximum absolute atomic E-state index is 12.9. The Morgan fingerprint density at radius 2 is 2.46 bits per heavy atom. The lowest BCUT2D eigenvalue weighted by Crippen LogP contribution is -2.58. The maximum atomic E-state index is 12.9. The minimum absolute atomic E-state index is 0.00539. The number of aromatic nitrogens is 1. The molecule has 0 aromatic carbocycles. The lowest BCUT2D eigenvalue weighted by molar-refractivity contribution is -0.144. The van der Waals surface area contributed by atoms with Gasteiger partial charge in [-0.1, -0.05) is 12.1 Å². The van der Waals surface area contributed by atoms with E-state index in [0.29, 0.717) is 32.0 Å². The summed E-state index contributed by atoms with van der Waals surface area (Å²) in [7, 11) is 0. The molecule has 3 heterocycles. The van der Waals surface area contributed by atoms with E-state index in [0.717, 1.165) is 31.6 Å². The molecule has 0 N–H and O–H groups in total. The van der Waals surface area contributed by atoms with E-state index < -0.39 is 0 Å². The number of hydrogen-bond donors (Lipinski definition) is 0. The number of amides is 1. The molecule has 0 radical (unpaired) electrons. The molecule has 2 fully saturated rings. The molecule has 5 heteroatoms. The Morgan fingerprint density at radius 1 is 1.58 bits per heavy atom. The van der Waals surface area contributed by atoms with Crippen LogP contribution in [0.1, 0.15) is 35.4 Å². The quantitative estimate of drug-likeness (QED) is 0.615. The van der Waals surface area contributed by atoms with Crippen LogP contribution in [-0.4, -0.2) is 54.8 Å². The van der Waals surface area contributed by atoms with Crippen molar-refractivity contribution in [1.29, 1.82) is 0 Å². The Bertz CT molecular complexity index is 604. The molecule has 130 valence electrons. The van der Waals surface area contributed by atoms with Gasteiger partial charge in [0.15, 0.2) is 0 Å². The van der Waals surface area contributed by atoms with Gasteiger partial charge >= 0.3 is 0 Å². The minimum atomic E-state index is -0.112. The van der Waals surface area contributed by atoms with Crippen LogP contribution in [0.25, 0.3) is 0 Å². The van der Waals surface area contributed by atoms with E-state index >= 15 is 0 Å². The molecule has 24 heavy (non-hydrogen) atoms. The number of aryl methyl sites for hydroxylation is 1. The van der Waals surface area contributed by atoms with Crippen LogP contribution in [0.5, 0.6) is 0 Å². The number of fused-ring (bicyclic) bond motifs is 1.